The van der Waals surface area contributed by atoms with Crippen LogP contribution in [-0.4, -0.2) is 30.3 Å². The number of carbonyl (C=O) groups is 1. The first-order valence-electron chi connectivity index (χ1n) is 6.19. The third-order valence-corrected chi connectivity index (χ3v) is 3.27. The van der Waals surface area contributed by atoms with Crippen LogP contribution in [0.3, 0.4) is 0 Å². The summed E-state index contributed by atoms with van der Waals surface area (Å²) < 4.78 is 40.7. The first kappa shape index (κ1) is 17.6. The highest BCUT2D eigenvalue weighted by molar-refractivity contribution is 7.98. The van der Waals surface area contributed by atoms with E-state index in [1.165, 1.54) is 18.2 Å². The van der Waals surface area contributed by atoms with Crippen LogP contribution in [0.4, 0.5) is 13.2 Å². The normalized spacial score (nSPS) is 12.8. The maximum absolute atomic E-state index is 12.3. The maximum Gasteiger partial charge on any atom is 0.573 e. The van der Waals surface area contributed by atoms with Gasteiger partial charge in [-0.25, -0.2) is 0 Å². The molecule has 0 fully saturated rings. The second-order valence-corrected chi connectivity index (χ2v) is 5.25. The number of hydrogen-bond donors (Lipinski definition) is 2. The summed E-state index contributed by atoms with van der Waals surface area (Å²) in [5, 5.41) is 2.51. The Hall–Kier alpha value is -1.41. The minimum atomic E-state index is -4.77. The average Bonchev–Trinajstić information content (AvgIpc) is 2.41. The van der Waals surface area contributed by atoms with E-state index >= 15 is 0 Å². The lowest BCUT2D eigenvalue weighted by molar-refractivity contribution is -0.274. The molecular weight excluding hydrogens is 305 g/mol. The van der Waals surface area contributed by atoms with Crippen LogP contribution in [0.5, 0.6) is 5.75 Å². The van der Waals surface area contributed by atoms with Gasteiger partial charge in [0, 0.05) is 12.1 Å². The highest BCUT2D eigenvalue weighted by Crippen LogP contribution is 2.26. The zero-order valence-corrected chi connectivity index (χ0v) is 12.3. The predicted molar refractivity (Wildman–Crippen MR) is 75.9 cm³/mol. The van der Waals surface area contributed by atoms with Crippen LogP contribution in [0.1, 0.15) is 12.0 Å². The Bertz CT molecular complexity index is 469. The van der Waals surface area contributed by atoms with E-state index in [1.807, 2.05) is 6.26 Å². The van der Waals surface area contributed by atoms with Crippen LogP contribution in [0, 0.1) is 0 Å². The molecule has 0 radical (unpaired) electrons. The first-order valence-corrected chi connectivity index (χ1v) is 7.58. The molecule has 0 heterocycles. The molecule has 118 valence electrons. The molecule has 1 amide bonds. The smallest absolute Gasteiger partial charge is 0.405 e. The van der Waals surface area contributed by atoms with Crippen molar-refractivity contribution in [2.45, 2.75) is 25.4 Å². The predicted octanol–water partition coefficient (Wildman–Crippen LogP) is 2.28. The fourth-order valence-electron chi connectivity index (χ4n) is 1.56. The van der Waals surface area contributed by atoms with E-state index in [4.69, 9.17) is 5.73 Å². The number of amides is 1. The number of carbonyl (C=O) groups excluding carboxylic acids is 1. The summed E-state index contributed by atoms with van der Waals surface area (Å²) in [7, 11) is 0. The lowest BCUT2D eigenvalue weighted by atomic mass is 10.2. The molecule has 0 aliphatic carbocycles. The number of alkyl halides is 3. The molecule has 0 saturated heterocycles. The van der Waals surface area contributed by atoms with E-state index in [9.17, 15) is 18.0 Å². The number of benzene rings is 1. The third kappa shape index (κ3) is 6.72. The van der Waals surface area contributed by atoms with Crippen molar-refractivity contribution in [3.8, 4) is 5.75 Å². The molecule has 21 heavy (non-hydrogen) atoms. The van der Waals surface area contributed by atoms with Gasteiger partial charge in [0.05, 0.1) is 6.04 Å². The minimum Gasteiger partial charge on any atom is -0.405 e. The highest BCUT2D eigenvalue weighted by Gasteiger charge is 2.32. The lowest BCUT2D eigenvalue weighted by Gasteiger charge is -2.15. The Balaban J connectivity index is 2.61. The molecule has 3 N–H and O–H groups in total. The molecule has 0 aliphatic rings. The van der Waals surface area contributed by atoms with Crippen LogP contribution in [-0.2, 0) is 11.3 Å². The lowest BCUT2D eigenvalue weighted by Crippen LogP contribution is -2.40. The SMILES string of the molecule is CSCC[C@H](N)C(=O)NCc1ccccc1OC(F)(F)F. The number of rotatable bonds is 7. The molecule has 0 spiro atoms. The molecular formula is C13H17F3N2O2S. The molecule has 0 aromatic heterocycles. The maximum atomic E-state index is 12.3. The van der Waals surface area contributed by atoms with Crippen molar-refractivity contribution in [1.82, 2.24) is 5.32 Å². The topological polar surface area (TPSA) is 64.4 Å². The zero-order chi connectivity index (χ0) is 15.9. The first-order chi connectivity index (χ1) is 9.83. The molecule has 1 rings (SSSR count). The van der Waals surface area contributed by atoms with Gasteiger partial charge >= 0.3 is 6.36 Å². The van der Waals surface area contributed by atoms with E-state index in [0.717, 1.165) is 5.75 Å². The van der Waals surface area contributed by atoms with E-state index in [0.29, 0.717) is 6.42 Å². The Labute approximate surface area is 125 Å². The molecule has 0 saturated carbocycles. The fourth-order valence-corrected chi connectivity index (χ4v) is 2.05. The molecule has 4 nitrogen and oxygen atoms in total. The van der Waals surface area contributed by atoms with Gasteiger partial charge in [0.15, 0.2) is 0 Å². The van der Waals surface area contributed by atoms with Crippen LogP contribution in [0.25, 0.3) is 0 Å². The fraction of sp³-hybridized carbons (Fsp3) is 0.462. The number of halogens is 3. The van der Waals surface area contributed by atoms with Gasteiger partial charge in [0.25, 0.3) is 0 Å². The third-order valence-electron chi connectivity index (χ3n) is 2.62. The summed E-state index contributed by atoms with van der Waals surface area (Å²) in [5.41, 5.74) is 5.91. The monoisotopic (exact) mass is 322 g/mol. The summed E-state index contributed by atoms with van der Waals surface area (Å²) in [6.45, 7) is -0.0714. The van der Waals surface area contributed by atoms with Crippen molar-refractivity contribution in [3.63, 3.8) is 0 Å². The molecule has 0 aliphatic heterocycles. The molecule has 8 heteroatoms. The number of nitrogens with two attached hydrogens (primary N) is 1. The van der Waals surface area contributed by atoms with Crippen molar-refractivity contribution in [2.24, 2.45) is 5.73 Å². The van der Waals surface area contributed by atoms with Gasteiger partial charge in [-0.05, 0) is 24.5 Å². The summed E-state index contributed by atoms with van der Waals surface area (Å²) in [6.07, 6.45) is -2.36. The number of nitrogens with one attached hydrogen (secondary N) is 1. The zero-order valence-electron chi connectivity index (χ0n) is 11.4. The number of hydrogen-bond acceptors (Lipinski definition) is 4. The molecule has 1 aromatic rings. The quantitative estimate of drug-likeness (QED) is 0.808. The number of para-hydroxylation sites is 1. The Morgan fingerprint density at radius 1 is 1.43 bits per heavy atom. The summed E-state index contributed by atoms with van der Waals surface area (Å²) in [4.78, 5) is 11.7. The van der Waals surface area contributed by atoms with Crippen LogP contribution >= 0.6 is 11.8 Å². The van der Waals surface area contributed by atoms with Crippen molar-refractivity contribution in [1.29, 1.82) is 0 Å². The molecule has 1 aromatic carbocycles. The molecule has 0 bridgehead atoms. The summed E-state index contributed by atoms with van der Waals surface area (Å²) >= 11 is 1.57. The largest absolute Gasteiger partial charge is 0.573 e. The molecule has 1 atom stereocenters. The Kier molecular flexibility index (Phi) is 6.83. The van der Waals surface area contributed by atoms with Crippen molar-refractivity contribution in [2.75, 3.05) is 12.0 Å². The van der Waals surface area contributed by atoms with E-state index in [-0.39, 0.29) is 17.9 Å². The van der Waals surface area contributed by atoms with Gasteiger partial charge in [-0.2, -0.15) is 11.8 Å². The van der Waals surface area contributed by atoms with Crippen molar-refractivity contribution >= 4 is 17.7 Å². The second-order valence-electron chi connectivity index (χ2n) is 4.26. The molecule has 0 unspecified atom stereocenters. The van der Waals surface area contributed by atoms with Crippen molar-refractivity contribution < 1.29 is 22.7 Å². The van der Waals surface area contributed by atoms with Crippen LogP contribution in [0.2, 0.25) is 0 Å². The Morgan fingerprint density at radius 3 is 2.71 bits per heavy atom. The number of ether oxygens (including phenoxy) is 1. The second kappa shape index (κ2) is 8.14. The van der Waals surface area contributed by atoms with Crippen molar-refractivity contribution in [3.05, 3.63) is 29.8 Å². The number of thioether (sulfide) groups is 1. The van der Waals surface area contributed by atoms with Crippen LogP contribution < -0.4 is 15.8 Å². The van der Waals surface area contributed by atoms with Gasteiger partial charge in [-0.3, -0.25) is 4.79 Å². The van der Waals surface area contributed by atoms with Gasteiger partial charge in [0.1, 0.15) is 5.75 Å². The van der Waals surface area contributed by atoms with E-state index in [1.54, 1.807) is 17.8 Å². The van der Waals surface area contributed by atoms with Gasteiger partial charge in [-0.1, -0.05) is 18.2 Å². The summed E-state index contributed by atoms with van der Waals surface area (Å²) in [5.74, 6) is 0.0105. The standard InChI is InChI=1S/C13H17F3N2O2S/c1-21-7-6-10(17)12(19)18-8-9-4-2-3-5-11(9)20-13(14,15)16/h2-5,10H,6-8,17H2,1H3,(H,18,19)/t10-/m0/s1. The average molecular weight is 322 g/mol. The highest BCUT2D eigenvalue weighted by atomic mass is 32.2. The minimum absolute atomic E-state index is 0.0714. The van der Waals surface area contributed by atoms with Crippen LogP contribution in [0.15, 0.2) is 24.3 Å². The Morgan fingerprint density at radius 2 is 2.10 bits per heavy atom. The van der Waals surface area contributed by atoms with Gasteiger partial charge < -0.3 is 15.8 Å². The summed E-state index contributed by atoms with van der Waals surface area (Å²) in [6, 6.07) is 4.97. The van der Waals surface area contributed by atoms with Gasteiger partial charge in [-0.15, -0.1) is 13.2 Å². The van der Waals surface area contributed by atoms with E-state index in [2.05, 4.69) is 10.1 Å². The van der Waals surface area contributed by atoms with E-state index < -0.39 is 18.3 Å². The van der Waals surface area contributed by atoms with Gasteiger partial charge in [0.2, 0.25) is 5.91 Å².